The Balaban J connectivity index is 1.24. The molecule has 11 heteroatoms. The molecule has 0 atom stereocenters. The number of carbonyl (C=O) groups is 1. The number of amides is 1. The fourth-order valence-corrected chi connectivity index (χ4v) is 4.43. The summed E-state index contributed by atoms with van der Waals surface area (Å²) in [5.41, 5.74) is -2.84. The molecule has 1 aliphatic heterocycles. The van der Waals surface area contributed by atoms with Crippen molar-refractivity contribution in [3.63, 3.8) is 0 Å². The molecule has 7 nitrogen and oxygen atoms in total. The summed E-state index contributed by atoms with van der Waals surface area (Å²) in [4.78, 5) is 17.5. The van der Waals surface area contributed by atoms with Crippen LogP contribution in [0.4, 0.5) is 19.0 Å². The average Bonchev–Trinajstić information content (AvgIpc) is 3.17. The van der Waals surface area contributed by atoms with Gasteiger partial charge in [0.1, 0.15) is 11.6 Å². The minimum absolute atomic E-state index is 0.0804. The van der Waals surface area contributed by atoms with Crippen LogP contribution >= 0.6 is 0 Å². The number of rotatable bonds is 8. The largest absolute Gasteiger partial charge is 0.534 e. The third-order valence-corrected chi connectivity index (χ3v) is 6.67. The highest BCUT2D eigenvalue weighted by atomic mass is 32.2. The highest BCUT2D eigenvalue weighted by Gasteiger charge is 2.48. The van der Waals surface area contributed by atoms with E-state index in [1.165, 1.54) is 12.1 Å². The first-order chi connectivity index (χ1) is 16.1. The summed E-state index contributed by atoms with van der Waals surface area (Å²) < 4.78 is 64.5. The molecule has 0 spiro atoms. The number of nitrogens with one attached hydrogen (secondary N) is 2. The SMILES string of the molecule is O=C(CCCCN1CCc2ccc(OS(=O)(=O)C(F)(F)F)cc2C1)Nc1cc2ccccc2[nH]1. The number of hydrogen-bond acceptors (Lipinski definition) is 5. The monoisotopic (exact) mass is 495 g/mol. The highest BCUT2D eigenvalue weighted by molar-refractivity contribution is 7.88. The molecule has 1 amide bonds. The van der Waals surface area contributed by atoms with E-state index in [0.29, 0.717) is 38.2 Å². The topological polar surface area (TPSA) is 91.5 Å². The fourth-order valence-electron chi connectivity index (χ4n) is 3.98. The third-order valence-electron chi connectivity index (χ3n) is 5.69. The number of alkyl halides is 3. The van der Waals surface area contributed by atoms with Crippen LogP contribution in [-0.4, -0.2) is 42.8 Å². The van der Waals surface area contributed by atoms with Gasteiger partial charge in [0.05, 0.1) is 0 Å². The molecule has 182 valence electrons. The molecule has 1 aliphatic rings. The van der Waals surface area contributed by atoms with Crippen molar-refractivity contribution < 1.29 is 30.6 Å². The molecule has 0 saturated heterocycles. The van der Waals surface area contributed by atoms with Gasteiger partial charge in [-0.15, -0.1) is 0 Å². The fraction of sp³-hybridized carbons (Fsp3) is 0.348. The van der Waals surface area contributed by atoms with E-state index in [1.54, 1.807) is 6.07 Å². The quantitative estimate of drug-likeness (QED) is 0.272. The van der Waals surface area contributed by atoms with Crippen molar-refractivity contribution in [1.29, 1.82) is 0 Å². The number of aromatic amines is 1. The average molecular weight is 496 g/mol. The zero-order chi connectivity index (χ0) is 24.3. The second kappa shape index (κ2) is 9.67. The predicted molar refractivity (Wildman–Crippen MR) is 122 cm³/mol. The van der Waals surface area contributed by atoms with Crippen molar-refractivity contribution in [2.45, 2.75) is 37.7 Å². The number of benzene rings is 2. The van der Waals surface area contributed by atoms with Gasteiger partial charge in [-0.05, 0) is 61.2 Å². The van der Waals surface area contributed by atoms with E-state index >= 15 is 0 Å². The van der Waals surface area contributed by atoms with Crippen LogP contribution < -0.4 is 9.50 Å². The van der Waals surface area contributed by atoms with Crippen LogP contribution in [0.2, 0.25) is 0 Å². The van der Waals surface area contributed by atoms with Gasteiger partial charge >= 0.3 is 15.6 Å². The van der Waals surface area contributed by atoms with Gasteiger partial charge in [-0.1, -0.05) is 24.3 Å². The van der Waals surface area contributed by atoms with Gasteiger partial charge in [-0.3, -0.25) is 9.69 Å². The van der Waals surface area contributed by atoms with E-state index < -0.39 is 15.6 Å². The molecule has 1 aromatic heterocycles. The summed E-state index contributed by atoms with van der Waals surface area (Å²) in [5.74, 6) is 0.221. The normalized spacial score (nSPS) is 14.7. The molecule has 34 heavy (non-hydrogen) atoms. The molecule has 4 rings (SSSR count). The lowest BCUT2D eigenvalue weighted by molar-refractivity contribution is -0.116. The number of nitrogens with zero attached hydrogens (tertiary/aromatic N) is 1. The Kier molecular flexibility index (Phi) is 6.85. The number of halogens is 3. The van der Waals surface area contributed by atoms with Gasteiger partial charge in [0.2, 0.25) is 5.91 Å². The zero-order valence-corrected chi connectivity index (χ0v) is 19.0. The van der Waals surface area contributed by atoms with Gasteiger partial charge in [-0.25, -0.2) is 0 Å². The number of para-hydroxylation sites is 1. The number of H-pyrrole nitrogens is 1. The third kappa shape index (κ3) is 5.71. The summed E-state index contributed by atoms with van der Waals surface area (Å²) in [7, 11) is -5.70. The van der Waals surface area contributed by atoms with Gasteiger partial charge < -0.3 is 14.5 Å². The molecular formula is C23H24F3N3O4S. The molecule has 2 aromatic carbocycles. The first kappa shape index (κ1) is 24.1. The van der Waals surface area contributed by atoms with Crippen molar-refractivity contribution in [3.8, 4) is 5.75 Å². The van der Waals surface area contributed by atoms with Crippen LogP contribution in [0.15, 0.2) is 48.5 Å². The first-order valence-electron chi connectivity index (χ1n) is 10.8. The number of fused-ring (bicyclic) bond motifs is 2. The molecule has 0 unspecified atom stereocenters. The van der Waals surface area contributed by atoms with E-state index in [0.717, 1.165) is 35.0 Å². The highest BCUT2D eigenvalue weighted by Crippen LogP contribution is 2.30. The molecule has 0 radical (unpaired) electrons. The second-order valence-corrected chi connectivity index (χ2v) is 9.75. The van der Waals surface area contributed by atoms with E-state index in [-0.39, 0.29) is 11.7 Å². The van der Waals surface area contributed by atoms with E-state index in [9.17, 15) is 26.4 Å². The van der Waals surface area contributed by atoms with Crippen molar-refractivity contribution in [1.82, 2.24) is 9.88 Å². The minimum atomic E-state index is -5.70. The van der Waals surface area contributed by atoms with Crippen LogP contribution in [0, 0.1) is 0 Å². The molecule has 0 fully saturated rings. The van der Waals surface area contributed by atoms with Gasteiger partial charge in [0, 0.05) is 30.4 Å². The number of unbranched alkanes of at least 4 members (excludes halogenated alkanes) is 1. The zero-order valence-electron chi connectivity index (χ0n) is 18.2. The van der Waals surface area contributed by atoms with E-state index in [4.69, 9.17) is 0 Å². The smallest absolute Gasteiger partial charge is 0.376 e. The predicted octanol–water partition coefficient (Wildman–Crippen LogP) is 4.56. The summed E-state index contributed by atoms with van der Waals surface area (Å²) >= 11 is 0. The Morgan fingerprint density at radius 1 is 1.09 bits per heavy atom. The lowest BCUT2D eigenvalue weighted by Crippen LogP contribution is -2.32. The Morgan fingerprint density at radius 2 is 1.88 bits per heavy atom. The molecule has 2 N–H and O–H groups in total. The molecule has 0 saturated carbocycles. The number of carbonyl (C=O) groups excluding carboxylic acids is 1. The van der Waals surface area contributed by atoms with Gasteiger partial charge in [-0.2, -0.15) is 21.6 Å². The maximum Gasteiger partial charge on any atom is 0.534 e. The Labute approximate surface area is 195 Å². The first-order valence-corrected chi connectivity index (χ1v) is 12.2. The molecule has 3 aromatic rings. The standard InChI is InChI=1S/C23H24F3N3O4S/c24-23(25,26)34(31,32)33-19-9-8-16-10-12-29(15-18(16)13-19)11-4-3-7-22(30)28-21-14-17-5-1-2-6-20(17)27-21/h1-2,5-6,8-9,13-14,27H,3-4,7,10-12,15H2,(H,28,30). The van der Waals surface area contributed by atoms with Gasteiger partial charge in [0.25, 0.3) is 0 Å². The second-order valence-electron chi connectivity index (χ2n) is 8.22. The number of aromatic nitrogens is 1. The number of hydrogen-bond donors (Lipinski definition) is 2. The molecule has 2 heterocycles. The Morgan fingerprint density at radius 3 is 2.65 bits per heavy atom. The summed E-state index contributed by atoms with van der Waals surface area (Å²) in [6, 6.07) is 13.8. The maximum absolute atomic E-state index is 12.6. The van der Waals surface area contributed by atoms with E-state index in [2.05, 4.69) is 19.4 Å². The van der Waals surface area contributed by atoms with E-state index in [1.807, 2.05) is 30.3 Å². The number of anilines is 1. The molecule has 0 aliphatic carbocycles. The Bertz CT molecular complexity index is 1260. The van der Waals surface area contributed by atoms with Crippen molar-refractivity contribution in [2.75, 3.05) is 18.4 Å². The Hall–Kier alpha value is -3.05. The summed E-state index contributed by atoms with van der Waals surface area (Å²) in [5, 5.41) is 3.89. The van der Waals surface area contributed by atoms with Crippen molar-refractivity contribution in [3.05, 3.63) is 59.7 Å². The molecular weight excluding hydrogens is 471 g/mol. The van der Waals surface area contributed by atoms with Crippen molar-refractivity contribution >= 4 is 32.7 Å². The van der Waals surface area contributed by atoms with Gasteiger partial charge in [0.15, 0.2) is 0 Å². The molecule has 0 bridgehead atoms. The van der Waals surface area contributed by atoms with Crippen LogP contribution in [0.25, 0.3) is 10.9 Å². The maximum atomic E-state index is 12.6. The lowest BCUT2D eigenvalue weighted by Gasteiger charge is -2.29. The van der Waals surface area contributed by atoms with Crippen molar-refractivity contribution in [2.24, 2.45) is 0 Å². The van der Waals surface area contributed by atoms with Crippen LogP contribution in [-0.2, 0) is 27.9 Å². The minimum Gasteiger partial charge on any atom is -0.376 e. The van der Waals surface area contributed by atoms with Crippen LogP contribution in [0.1, 0.15) is 30.4 Å². The van der Waals surface area contributed by atoms with Crippen LogP contribution in [0.3, 0.4) is 0 Å². The summed E-state index contributed by atoms with van der Waals surface area (Å²) in [6.07, 6.45) is 2.52. The van der Waals surface area contributed by atoms with Crippen LogP contribution in [0.5, 0.6) is 5.75 Å². The lowest BCUT2D eigenvalue weighted by atomic mass is 9.99. The summed E-state index contributed by atoms with van der Waals surface area (Å²) in [6.45, 7) is 1.96.